The normalized spacial score (nSPS) is 19.0. The van der Waals surface area contributed by atoms with Gasteiger partial charge in [-0.1, -0.05) is 103 Å². The van der Waals surface area contributed by atoms with Gasteiger partial charge < -0.3 is 32.8 Å². The minimum Gasteiger partial charge on any atom is -1.00 e. The Bertz CT molecular complexity index is 1230. The third-order valence-corrected chi connectivity index (χ3v) is 23.5. The lowest BCUT2D eigenvalue weighted by Gasteiger charge is -2.45. The number of fused-ring (bicyclic) bond motifs is 2. The topological polar surface area (TPSA) is 18.5 Å². The zero-order valence-corrected chi connectivity index (χ0v) is 32.3. The summed E-state index contributed by atoms with van der Waals surface area (Å²) in [5.74, 6) is 0. The third-order valence-electron chi connectivity index (χ3n) is 9.80. The molecule has 0 N–H and O–H groups in total. The lowest BCUT2D eigenvalue weighted by Crippen LogP contribution is -3.00. The van der Waals surface area contributed by atoms with E-state index in [0.717, 1.165) is 12.6 Å². The maximum Gasteiger partial charge on any atom is 0.193 e. The van der Waals surface area contributed by atoms with Gasteiger partial charge in [-0.2, -0.15) is 0 Å². The van der Waals surface area contributed by atoms with Gasteiger partial charge in [0.25, 0.3) is 0 Å². The van der Waals surface area contributed by atoms with E-state index in [1.54, 1.807) is 0 Å². The van der Waals surface area contributed by atoms with Crippen molar-refractivity contribution in [1.82, 2.24) is 0 Å². The molecule has 41 heavy (non-hydrogen) atoms. The summed E-state index contributed by atoms with van der Waals surface area (Å²) in [5, 5.41) is 4.58. The van der Waals surface area contributed by atoms with Crippen molar-refractivity contribution in [2.45, 2.75) is 103 Å². The van der Waals surface area contributed by atoms with Crippen molar-refractivity contribution < 1.29 is 32.8 Å². The molecule has 2 nitrogen and oxygen atoms in total. The molecule has 3 aromatic rings. The Hall–Kier alpha value is -0.826. The Morgan fingerprint density at radius 2 is 0.976 bits per heavy atom. The fourth-order valence-electron chi connectivity index (χ4n) is 5.51. The average Bonchev–Trinajstić information content (AvgIpc) is 2.96. The van der Waals surface area contributed by atoms with Crippen LogP contribution >= 0.6 is 7.26 Å². The van der Waals surface area contributed by atoms with Crippen molar-refractivity contribution in [2.24, 2.45) is 0 Å². The second-order valence-electron chi connectivity index (χ2n) is 14.6. The van der Waals surface area contributed by atoms with Crippen molar-refractivity contribution >= 4 is 39.8 Å². The van der Waals surface area contributed by atoms with Crippen molar-refractivity contribution in [1.29, 1.82) is 0 Å². The fourth-order valence-corrected chi connectivity index (χ4v) is 12.9. The highest BCUT2D eigenvalue weighted by Gasteiger charge is 2.55. The number of halogens is 1. The first-order chi connectivity index (χ1) is 18.6. The molecular weight excluding hydrogens is 666 g/mol. The molecule has 0 spiro atoms. The standard InChI is InChI=1S/C35H52O2PSi2.HI/c1-12-26-38(27-20-14-13-15-21-27)30-24-18-16-22-28(30)32(36-39(8,9)34(2,3)4)33(29-23-17-19-25-31(29)38)37-40(10,11)35(5,6)7;/h13-25,32-33H,12,26H2,1-11H3;1H/q+1;/p-1/t32-,33-;/m1./s1. The minimum absolute atomic E-state index is 0. The first kappa shape index (κ1) is 34.7. The first-order valence-electron chi connectivity index (χ1n) is 15.0. The predicted octanol–water partition coefficient (Wildman–Crippen LogP) is 6.53. The van der Waals surface area contributed by atoms with Gasteiger partial charge in [0.05, 0.1) is 6.16 Å². The molecule has 2 atom stereocenters. The summed E-state index contributed by atoms with van der Waals surface area (Å²) < 4.78 is 15.1. The quantitative estimate of drug-likeness (QED) is 0.157. The van der Waals surface area contributed by atoms with Gasteiger partial charge >= 0.3 is 0 Å². The van der Waals surface area contributed by atoms with Crippen molar-refractivity contribution in [2.75, 3.05) is 6.16 Å². The van der Waals surface area contributed by atoms with E-state index >= 15 is 0 Å². The number of hydrogen-bond donors (Lipinski definition) is 0. The monoisotopic (exact) mass is 718 g/mol. The predicted molar refractivity (Wildman–Crippen MR) is 182 cm³/mol. The number of hydrogen-bond acceptors (Lipinski definition) is 2. The van der Waals surface area contributed by atoms with Crippen molar-refractivity contribution in [3.8, 4) is 0 Å². The maximum absolute atomic E-state index is 7.54. The van der Waals surface area contributed by atoms with Gasteiger partial charge in [-0.3, -0.25) is 0 Å². The molecule has 0 saturated heterocycles. The van der Waals surface area contributed by atoms with Crippen LogP contribution in [-0.4, -0.2) is 22.8 Å². The lowest BCUT2D eigenvalue weighted by atomic mass is 9.98. The summed E-state index contributed by atoms with van der Waals surface area (Å²) in [5.41, 5.74) is 2.66. The number of benzene rings is 3. The highest BCUT2D eigenvalue weighted by molar-refractivity contribution is 7.95. The van der Waals surface area contributed by atoms with Gasteiger partial charge in [0.1, 0.15) is 35.4 Å². The SMILES string of the molecule is CCC[P+]1(c2ccccc2)c2ccccc2[C@@H](O[Si](C)(C)C(C)(C)C)[C@H](O[Si](C)(C)C(C)(C)C)c2ccccc21.[I-]. The molecule has 224 valence electrons. The van der Waals surface area contributed by atoms with Gasteiger partial charge in [0.2, 0.25) is 0 Å². The second-order valence-corrected chi connectivity index (χ2v) is 27.6. The van der Waals surface area contributed by atoms with E-state index in [2.05, 4.69) is 154 Å². The van der Waals surface area contributed by atoms with Crippen LogP contribution in [0.15, 0.2) is 78.9 Å². The summed E-state index contributed by atoms with van der Waals surface area (Å²) in [7, 11) is -6.31. The Kier molecular flexibility index (Phi) is 10.7. The van der Waals surface area contributed by atoms with Crippen LogP contribution in [-0.2, 0) is 8.85 Å². The van der Waals surface area contributed by atoms with Crippen LogP contribution in [0.2, 0.25) is 36.3 Å². The zero-order chi connectivity index (χ0) is 29.6. The van der Waals surface area contributed by atoms with Gasteiger partial charge in [0, 0.05) is 11.1 Å². The van der Waals surface area contributed by atoms with Crippen molar-refractivity contribution in [3.63, 3.8) is 0 Å². The highest BCUT2D eigenvalue weighted by Crippen LogP contribution is 2.62. The van der Waals surface area contributed by atoms with E-state index in [9.17, 15) is 0 Å². The first-order valence-corrected chi connectivity index (χ1v) is 22.8. The van der Waals surface area contributed by atoms with Gasteiger partial charge in [-0.05, 0) is 67.0 Å². The fraction of sp³-hybridized carbons (Fsp3) is 0.486. The van der Waals surface area contributed by atoms with E-state index in [1.165, 1.54) is 27.0 Å². The van der Waals surface area contributed by atoms with E-state index in [-0.39, 0.29) is 46.3 Å². The molecular formula is C35H52IO2PSi2. The average molecular weight is 719 g/mol. The van der Waals surface area contributed by atoms with Gasteiger partial charge in [-0.15, -0.1) is 0 Å². The van der Waals surface area contributed by atoms with Gasteiger partial charge in [0.15, 0.2) is 16.6 Å². The molecule has 1 aliphatic rings. The minimum atomic E-state index is -2.16. The van der Waals surface area contributed by atoms with E-state index in [4.69, 9.17) is 8.85 Å². The Morgan fingerprint density at radius 3 is 1.34 bits per heavy atom. The molecule has 0 saturated carbocycles. The van der Waals surface area contributed by atoms with E-state index < -0.39 is 23.9 Å². The van der Waals surface area contributed by atoms with Crippen LogP contribution in [0.4, 0.5) is 0 Å². The van der Waals surface area contributed by atoms with Gasteiger partial charge in [-0.25, -0.2) is 0 Å². The van der Waals surface area contributed by atoms with Crippen molar-refractivity contribution in [3.05, 3.63) is 90.0 Å². The summed E-state index contributed by atoms with van der Waals surface area (Å²) >= 11 is 0. The highest BCUT2D eigenvalue weighted by atomic mass is 127. The van der Waals surface area contributed by atoms with Crippen LogP contribution in [0.1, 0.15) is 78.2 Å². The Balaban J connectivity index is 0.00000462. The molecule has 0 radical (unpaired) electrons. The summed E-state index contributed by atoms with van der Waals surface area (Å²) in [6.45, 7) is 26.0. The van der Waals surface area contributed by atoms with E-state index in [0.29, 0.717) is 0 Å². The van der Waals surface area contributed by atoms with Crippen LogP contribution in [0.3, 0.4) is 0 Å². The van der Waals surface area contributed by atoms with Crippen LogP contribution in [0.5, 0.6) is 0 Å². The molecule has 3 aromatic carbocycles. The summed E-state index contributed by atoms with van der Waals surface area (Å²) in [6, 6.07) is 29.8. The molecule has 0 aromatic heterocycles. The molecule has 0 fully saturated rings. The Morgan fingerprint density at radius 1 is 0.610 bits per heavy atom. The smallest absolute Gasteiger partial charge is 0.193 e. The number of rotatable bonds is 7. The lowest BCUT2D eigenvalue weighted by molar-refractivity contribution is -0.0000102. The third kappa shape index (κ3) is 6.51. The largest absolute Gasteiger partial charge is 1.00 e. The zero-order valence-electron chi connectivity index (χ0n) is 27.2. The summed E-state index contributed by atoms with van der Waals surface area (Å²) in [6.07, 6.45) is 1.93. The molecule has 0 bridgehead atoms. The molecule has 0 aliphatic carbocycles. The Labute approximate surface area is 270 Å². The molecule has 1 heterocycles. The molecule has 1 aliphatic heterocycles. The maximum atomic E-state index is 7.54. The summed E-state index contributed by atoms with van der Waals surface area (Å²) in [4.78, 5) is 0. The van der Waals surface area contributed by atoms with Crippen LogP contribution in [0.25, 0.3) is 0 Å². The van der Waals surface area contributed by atoms with E-state index in [1.807, 2.05) is 0 Å². The molecule has 6 heteroatoms. The van der Waals surface area contributed by atoms with Crippen LogP contribution in [0, 0.1) is 0 Å². The molecule has 0 amide bonds. The molecule has 4 rings (SSSR count). The van der Waals surface area contributed by atoms with Crippen LogP contribution < -0.4 is 39.9 Å². The molecule has 0 unspecified atom stereocenters. The second kappa shape index (κ2) is 12.7.